The van der Waals surface area contributed by atoms with Crippen molar-refractivity contribution in [3.63, 3.8) is 0 Å². The molecule has 90 valence electrons. The Balaban J connectivity index is 1.97. The van der Waals surface area contributed by atoms with Crippen LogP contribution >= 0.6 is 15.9 Å². The van der Waals surface area contributed by atoms with Crippen LogP contribution in [0.5, 0.6) is 5.75 Å². The van der Waals surface area contributed by atoms with E-state index in [2.05, 4.69) is 22.0 Å². The molecule has 1 fully saturated rings. The molecular weight excluding hydrogens is 280 g/mol. The van der Waals surface area contributed by atoms with E-state index < -0.39 is 0 Å². The molecule has 1 saturated carbocycles. The van der Waals surface area contributed by atoms with Gasteiger partial charge in [0.25, 0.3) is 0 Å². The largest absolute Gasteiger partial charge is 0.426 e. The summed E-state index contributed by atoms with van der Waals surface area (Å²) in [5.41, 5.74) is 0.953. The first-order valence-corrected chi connectivity index (χ1v) is 7.00. The summed E-state index contributed by atoms with van der Waals surface area (Å²) in [6, 6.07) is 5.99. The number of carbonyl (C=O) groups excluding carboxylic acids is 1. The lowest BCUT2D eigenvalue weighted by Crippen LogP contribution is -2.41. The van der Waals surface area contributed by atoms with E-state index in [1.165, 1.54) is 12.0 Å². The maximum Gasteiger partial charge on any atom is 0.317 e. The molecule has 1 aromatic carbocycles. The van der Waals surface area contributed by atoms with E-state index in [0.29, 0.717) is 0 Å². The van der Waals surface area contributed by atoms with Crippen LogP contribution in [0.15, 0.2) is 22.7 Å². The number of hydrogen-bond acceptors (Lipinski definition) is 2. The zero-order chi connectivity index (χ0) is 11.9. The summed E-state index contributed by atoms with van der Waals surface area (Å²) in [5.74, 6) is 0.725. The summed E-state index contributed by atoms with van der Waals surface area (Å²) in [4.78, 5) is 12.2. The molecule has 0 saturated heterocycles. The molecule has 1 heterocycles. The molecule has 1 aliphatic heterocycles. The van der Waals surface area contributed by atoms with Gasteiger partial charge >= 0.3 is 5.97 Å². The molecular formula is C14H15BrO2. The topological polar surface area (TPSA) is 26.3 Å². The molecule has 0 bridgehead atoms. The number of ether oxygens (including phenoxy) is 1. The Labute approximate surface area is 109 Å². The van der Waals surface area contributed by atoms with Crippen LogP contribution < -0.4 is 4.74 Å². The maximum atomic E-state index is 12.2. The smallest absolute Gasteiger partial charge is 0.317 e. The van der Waals surface area contributed by atoms with Crippen molar-refractivity contribution in [2.24, 2.45) is 5.41 Å². The Kier molecular flexibility index (Phi) is 2.74. The average molecular weight is 295 g/mol. The van der Waals surface area contributed by atoms with Crippen LogP contribution in [0.4, 0.5) is 0 Å². The van der Waals surface area contributed by atoms with E-state index >= 15 is 0 Å². The first kappa shape index (κ1) is 11.3. The van der Waals surface area contributed by atoms with Crippen molar-refractivity contribution in [3.8, 4) is 5.75 Å². The zero-order valence-corrected chi connectivity index (χ0v) is 11.3. The predicted octanol–water partition coefficient (Wildman–Crippen LogP) is 3.86. The number of halogens is 1. The van der Waals surface area contributed by atoms with E-state index in [1.807, 2.05) is 12.1 Å². The summed E-state index contributed by atoms with van der Waals surface area (Å²) >= 11 is 3.41. The summed E-state index contributed by atoms with van der Waals surface area (Å²) in [6.07, 6.45) is 6.39. The Morgan fingerprint density at radius 2 is 1.94 bits per heavy atom. The van der Waals surface area contributed by atoms with Crippen LogP contribution in [0.3, 0.4) is 0 Å². The molecule has 2 nitrogen and oxygen atoms in total. The van der Waals surface area contributed by atoms with Crippen LogP contribution in [0.1, 0.15) is 37.7 Å². The van der Waals surface area contributed by atoms with Crippen LogP contribution in [-0.4, -0.2) is 5.97 Å². The van der Waals surface area contributed by atoms with Crippen molar-refractivity contribution in [1.82, 2.24) is 0 Å². The standard InChI is InChI=1S/C14H15BrO2/c15-11-5-4-10-9-14(6-2-1-3-7-14)13(16)17-12(10)8-11/h4-5,8H,1-3,6-7,9H2. The number of benzene rings is 1. The normalized spacial score (nSPS) is 22.1. The van der Waals surface area contributed by atoms with Gasteiger partial charge in [-0.2, -0.15) is 0 Å². The Bertz CT molecular complexity index is 461. The fourth-order valence-electron chi connectivity index (χ4n) is 3.02. The van der Waals surface area contributed by atoms with Gasteiger partial charge in [-0.1, -0.05) is 41.3 Å². The number of rotatable bonds is 0. The van der Waals surface area contributed by atoms with Gasteiger partial charge in [0, 0.05) is 4.47 Å². The third kappa shape index (κ3) is 1.90. The summed E-state index contributed by atoms with van der Waals surface area (Å²) < 4.78 is 6.50. The second-order valence-electron chi connectivity index (χ2n) is 5.16. The van der Waals surface area contributed by atoms with Crippen molar-refractivity contribution < 1.29 is 9.53 Å². The SMILES string of the molecule is O=C1Oc2cc(Br)ccc2CC12CCCCC2. The second-order valence-corrected chi connectivity index (χ2v) is 6.08. The third-order valence-corrected chi connectivity index (χ3v) is 4.50. The van der Waals surface area contributed by atoms with E-state index in [-0.39, 0.29) is 11.4 Å². The van der Waals surface area contributed by atoms with Crippen LogP contribution in [-0.2, 0) is 11.2 Å². The van der Waals surface area contributed by atoms with Crippen molar-refractivity contribution in [2.75, 3.05) is 0 Å². The fraction of sp³-hybridized carbons (Fsp3) is 0.500. The average Bonchev–Trinajstić information content (AvgIpc) is 2.33. The van der Waals surface area contributed by atoms with E-state index in [4.69, 9.17) is 4.74 Å². The molecule has 0 unspecified atom stereocenters. The van der Waals surface area contributed by atoms with Crippen molar-refractivity contribution in [1.29, 1.82) is 0 Å². The van der Waals surface area contributed by atoms with Crippen LogP contribution in [0, 0.1) is 5.41 Å². The van der Waals surface area contributed by atoms with Crippen molar-refractivity contribution in [3.05, 3.63) is 28.2 Å². The third-order valence-electron chi connectivity index (χ3n) is 4.00. The number of hydrogen-bond donors (Lipinski definition) is 0. The van der Waals surface area contributed by atoms with Gasteiger partial charge in [-0.05, 0) is 37.0 Å². The molecule has 0 atom stereocenters. The van der Waals surface area contributed by atoms with Crippen LogP contribution in [0.2, 0.25) is 0 Å². The molecule has 17 heavy (non-hydrogen) atoms. The quantitative estimate of drug-likeness (QED) is 0.536. The summed E-state index contributed by atoms with van der Waals surface area (Å²) in [5, 5.41) is 0. The Morgan fingerprint density at radius 3 is 2.71 bits per heavy atom. The van der Waals surface area contributed by atoms with E-state index in [9.17, 15) is 4.79 Å². The van der Waals surface area contributed by atoms with Gasteiger partial charge in [0.2, 0.25) is 0 Å². The van der Waals surface area contributed by atoms with Gasteiger partial charge < -0.3 is 4.74 Å². The molecule has 0 N–H and O–H groups in total. The molecule has 1 spiro atoms. The van der Waals surface area contributed by atoms with Gasteiger partial charge in [-0.3, -0.25) is 4.79 Å². The number of carbonyl (C=O) groups is 1. The molecule has 3 heteroatoms. The highest BCUT2D eigenvalue weighted by Gasteiger charge is 2.44. The fourth-order valence-corrected chi connectivity index (χ4v) is 3.36. The van der Waals surface area contributed by atoms with Gasteiger partial charge in [0.05, 0.1) is 5.41 Å². The molecule has 1 aromatic rings. The van der Waals surface area contributed by atoms with Crippen molar-refractivity contribution >= 4 is 21.9 Å². The minimum Gasteiger partial charge on any atom is -0.426 e. The lowest BCUT2D eigenvalue weighted by Gasteiger charge is -2.38. The van der Waals surface area contributed by atoms with Gasteiger partial charge in [-0.25, -0.2) is 0 Å². The molecule has 3 rings (SSSR count). The molecule has 0 amide bonds. The lowest BCUT2D eigenvalue weighted by molar-refractivity contribution is -0.149. The predicted molar refractivity (Wildman–Crippen MR) is 69.0 cm³/mol. The van der Waals surface area contributed by atoms with Gasteiger partial charge in [0.1, 0.15) is 5.75 Å². The first-order chi connectivity index (χ1) is 8.20. The Morgan fingerprint density at radius 1 is 1.18 bits per heavy atom. The highest BCUT2D eigenvalue weighted by molar-refractivity contribution is 9.10. The summed E-state index contributed by atoms with van der Waals surface area (Å²) in [7, 11) is 0. The second kappa shape index (κ2) is 4.13. The summed E-state index contributed by atoms with van der Waals surface area (Å²) in [6.45, 7) is 0. The van der Waals surface area contributed by atoms with Crippen LogP contribution in [0.25, 0.3) is 0 Å². The minimum absolute atomic E-state index is 0.0113. The number of fused-ring (bicyclic) bond motifs is 1. The monoisotopic (exact) mass is 294 g/mol. The minimum atomic E-state index is -0.223. The molecule has 1 aliphatic carbocycles. The molecule has 2 aliphatic rings. The zero-order valence-electron chi connectivity index (χ0n) is 9.67. The Hall–Kier alpha value is -0.830. The van der Waals surface area contributed by atoms with E-state index in [1.54, 1.807) is 0 Å². The lowest BCUT2D eigenvalue weighted by atomic mass is 9.69. The maximum absolute atomic E-state index is 12.2. The van der Waals surface area contributed by atoms with E-state index in [0.717, 1.165) is 42.3 Å². The first-order valence-electron chi connectivity index (χ1n) is 6.20. The van der Waals surface area contributed by atoms with Gasteiger partial charge in [0.15, 0.2) is 0 Å². The highest BCUT2D eigenvalue weighted by Crippen LogP contribution is 2.45. The van der Waals surface area contributed by atoms with Crippen molar-refractivity contribution in [2.45, 2.75) is 38.5 Å². The molecule has 0 aromatic heterocycles. The highest BCUT2D eigenvalue weighted by atomic mass is 79.9. The van der Waals surface area contributed by atoms with Gasteiger partial charge in [-0.15, -0.1) is 0 Å². The molecule has 0 radical (unpaired) electrons. The number of esters is 1.